The van der Waals surface area contributed by atoms with Crippen LogP contribution in [-0.2, 0) is 0 Å². The van der Waals surface area contributed by atoms with Crippen LogP contribution in [0, 0.1) is 0 Å². The van der Waals surface area contributed by atoms with Gasteiger partial charge in [-0.1, -0.05) is 11.6 Å². The number of fused-ring (bicyclic) bond motifs is 1. The van der Waals surface area contributed by atoms with E-state index in [0.29, 0.717) is 34.5 Å². The molecule has 2 heterocycles. The molecule has 1 aromatic carbocycles. The number of phenolic OH excluding ortho intramolecular Hbond substituents is 1. The first-order valence-electron chi connectivity index (χ1n) is 6.49. The van der Waals surface area contributed by atoms with E-state index >= 15 is 0 Å². The van der Waals surface area contributed by atoms with Gasteiger partial charge in [0, 0.05) is 11.8 Å². The van der Waals surface area contributed by atoms with Crippen LogP contribution in [0.1, 0.15) is 6.92 Å². The molecule has 3 rings (SSSR count). The molecule has 0 saturated heterocycles. The van der Waals surface area contributed by atoms with Crippen LogP contribution in [0.2, 0.25) is 5.02 Å². The van der Waals surface area contributed by atoms with Crippen molar-refractivity contribution in [1.29, 1.82) is 0 Å². The summed E-state index contributed by atoms with van der Waals surface area (Å²) in [4.78, 5) is 4.50. The molecule has 6 heteroatoms. The summed E-state index contributed by atoms with van der Waals surface area (Å²) >= 11 is 5.98. The lowest BCUT2D eigenvalue weighted by Gasteiger charge is -2.07. The Balaban J connectivity index is 2.16. The Labute approximate surface area is 126 Å². The summed E-state index contributed by atoms with van der Waals surface area (Å²) in [5.74, 6) is 0.983. The Morgan fingerprint density at radius 2 is 2.14 bits per heavy atom. The van der Waals surface area contributed by atoms with Crippen LogP contribution in [0.15, 0.2) is 36.5 Å². The highest BCUT2D eigenvalue weighted by Crippen LogP contribution is 2.34. The molecule has 0 spiro atoms. The first-order chi connectivity index (χ1) is 10.1. The molecule has 2 aromatic heterocycles. The molecular formula is C15H14ClN3O2. The second-order valence-electron chi connectivity index (χ2n) is 4.54. The lowest BCUT2D eigenvalue weighted by molar-refractivity contribution is 0.318. The Kier molecular flexibility index (Phi) is 3.35. The van der Waals surface area contributed by atoms with E-state index in [4.69, 9.17) is 22.1 Å². The average Bonchev–Trinajstić information content (AvgIpc) is 2.79. The van der Waals surface area contributed by atoms with Crippen molar-refractivity contribution in [3.05, 3.63) is 41.6 Å². The molecule has 0 radical (unpaired) electrons. The third-order valence-electron chi connectivity index (χ3n) is 3.15. The third kappa shape index (κ3) is 2.36. The molecule has 21 heavy (non-hydrogen) atoms. The van der Waals surface area contributed by atoms with E-state index in [0.717, 1.165) is 5.56 Å². The van der Waals surface area contributed by atoms with Crippen LogP contribution in [0.5, 0.6) is 11.5 Å². The molecule has 0 aliphatic carbocycles. The van der Waals surface area contributed by atoms with Gasteiger partial charge in [-0.05, 0) is 37.3 Å². The standard InChI is InChI=1S/C15H14ClN3O2/c1-2-21-12-7-9(3-5-11(12)20)14-15(17)19-8-10(16)4-6-13(19)18-14/h3-8,20H,2,17H2,1H3. The number of hydrogen-bond acceptors (Lipinski definition) is 4. The fourth-order valence-electron chi connectivity index (χ4n) is 2.18. The fraction of sp³-hybridized carbons (Fsp3) is 0.133. The quantitative estimate of drug-likeness (QED) is 0.778. The monoisotopic (exact) mass is 303 g/mol. The number of imidazole rings is 1. The van der Waals surface area contributed by atoms with E-state index in [2.05, 4.69) is 4.98 Å². The molecule has 0 aliphatic heterocycles. The number of aromatic hydroxyl groups is 1. The zero-order valence-corrected chi connectivity index (χ0v) is 12.1. The number of phenols is 1. The highest BCUT2D eigenvalue weighted by atomic mass is 35.5. The zero-order chi connectivity index (χ0) is 15.0. The molecule has 0 aliphatic rings. The largest absolute Gasteiger partial charge is 0.504 e. The average molecular weight is 304 g/mol. The Morgan fingerprint density at radius 1 is 1.33 bits per heavy atom. The fourth-order valence-corrected chi connectivity index (χ4v) is 2.34. The first kappa shape index (κ1) is 13.6. The Morgan fingerprint density at radius 3 is 2.90 bits per heavy atom. The summed E-state index contributed by atoms with van der Waals surface area (Å²) in [6, 6.07) is 8.59. The number of rotatable bonds is 3. The maximum absolute atomic E-state index is 9.76. The summed E-state index contributed by atoms with van der Waals surface area (Å²) in [5, 5.41) is 10.3. The molecule has 0 atom stereocenters. The van der Waals surface area contributed by atoms with Gasteiger partial charge in [-0.2, -0.15) is 0 Å². The van der Waals surface area contributed by atoms with Gasteiger partial charge in [-0.15, -0.1) is 0 Å². The third-order valence-corrected chi connectivity index (χ3v) is 3.38. The van der Waals surface area contributed by atoms with Gasteiger partial charge in [0.15, 0.2) is 11.5 Å². The molecule has 108 valence electrons. The molecule has 5 nitrogen and oxygen atoms in total. The predicted molar refractivity (Wildman–Crippen MR) is 82.9 cm³/mol. The van der Waals surface area contributed by atoms with Crippen molar-refractivity contribution in [1.82, 2.24) is 9.38 Å². The SMILES string of the molecule is CCOc1cc(-c2nc3ccc(Cl)cn3c2N)ccc1O. The number of nitrogens with two attached hydrogens (primary N) is 1. The van der Waals surface area contributed by atoms with E-state index in [1.807, 2.05) is 6.92 Å². The van der Waals surface area contributed by atoms with Crippen LogP contribution in [0.3, 0.4) is 0 Å². The van der Waals surface area contributed by atoms with Crippen LogP contribution < -0.4 is 10.5 Å². The van der Waals surface area contributed by atoms with Crippen molar-refractivity contribution in [3.8, 4) is 22.8 Å². The number of pyridine rings is 1. The normalized spacial score (nSPS) is 11.0. The van der Waals surface area contributed by atoms with Crippen LogP contribution in [-0.4, -0.2) is 21.1 Å². The van der Waals surface area contributed by atoms with Crippen LogP contribution in [0.25, 0.3) is 16.9 Å². The van der Waals surface area contributed by atoms with Crippen molar-refractivity contribution in [3.63, 3.8) is 0 Å². The molecule has 0 fully saturated rings. The minimum Gasteiger partial charge on any atom is -0.504 e. The molecule has 0 amide bonds. The van der Waals surface area contributed by atoms with E-state index in [9.17, 15) is 5.11 Å². The topological polar surface area (TPSA) is 72.8 Å². The van der Waals surface area contributed by atoms with Crippen molar-refractivity contribution in [2.45, 2.75) is 6.92 Å². The summed E-state index contributed by atoms with van der Waals surface area (Å²) < 4.78 is 7.11. The number of halogens is 1. The lowest BCUT2D eigenvalue weighted by atomic mass is 10.1. The van der Waals surface area contributed by atoms with E-state index in [1.165, 1.54) is 0 Å². The molecule has 0 unspecified atom stereocenters. The maximum atomic E-state index is 9.76. The van der Waals surface area contributed by atoms with Gasteiger partial charge in [-0.3, -0.25) is 4.40 Å². The molecule has 3 aromatic rings. The minimum atomic E-state index is 0.0889. The number of nitrogen functional groups attached to an aromatic ring is 1. The van der Waals surface area contributed by atoms with Crippen molar-refractivity contribution >= 4 is 23.1 Å². The summed E-state index contributed by atoms with van der Waals surface area (Å²) in [6.07, 6.45) is 1.71. The second-order valence-corrected chi connectivity index (χ2v) is 4.97. The summed E-state index contributed by atoms with van der Waals surface area (Å²) in [5.41, 5.74) is 8.24. The smallest absolute Gasteiger partial charge is 0.161 e. The van der Waals surface area contributed by atoms with Gasteiger partial charge >= 0.3 is 0 Å². The van der Waals surface area contributed by atoms with Crippen molar-refractivity contribution < 1.29 is 9.84 Å². The van der Waals surface area contributed by atoms with Crippen molar-refractivity contribution in [2.24, 2.45) is 0 Å². The molecular weight excluding hydrogens is 290 g/mol. The van der Waals surface area contributed by atoms with Gasteiger partial charge < -0.3 is 15.6 Å². The highest BCUT2D eigenvalue weighted by molar-refractivity contribution is 6.30. The number of nitrogens with zero attached hydrogens (tertiary/aromatic N) is 2. The van der Waals surface area contributed by atoms with Gasteiger partial charge in [-0.25, -0.2) is 4.98 Å². The van der Waals surface area contributed by atoms with Gasteiger partial charge in [0.2, 0.25) is 0 Å². The highest BCUT2D eigenvalue weighted by Gasteiger charge is 2.13. The van der Waals surface area contributed by atoms with E-state index < -0.39 is 0 Å². The number of hydrogen-bond donors (Lipinski definition) is 2. The zero-order valence-electron chi connectivity index (χ0n) is 11.4. The second kappa shape index (κ2) is 5.18. The van der Waals surface area contributed by atoms with E-state index in [-0.39, 0.29) is 5.75 Å². The maximum Gasteiger partial charge on any atom is 0.161 e. The number of aromatic nitrogens is 2. The first-order valence-corrected chi connectivity index (χ1v) is 6.87. The number of benzene rings is 1. The van der Waals surface area contributed by atoms with Gasteiger partial charge in [0.1, 0.15) is 17.2 Å². The number of ether oxygens (including phenoxy) is 1. The van der Waals surface area contributed by atoms with Crippen LogP contribution >= 0.6 is 11.6 Å². The van der Waals surface area contributed by atoms with Crippen molar-refractivity contribution in [2.75, 3.05) is 12.3 Å². The summed E-state index contributed by atoms with van der Waals surface area (Å²) in [6.45, 7) is 2.32. The predicted octanol–water partition coefficient (Wildman–Crippen LogP) is 3.34. The molecule has 0 bridgehead atoms. The Bertz CT molecular complexity index is 814. The molecule has 3 N–H and O–H groups in total. The summed E-state index contributed by atoms with van der Waals surface area (Å²) in [7, 11) is 0. The Hall–Kier alpha value is -2.40. The minimum absolute atomic E-state index is 0.0889. The van der Waals surface area contributed by atoms with Gasteiger partial charge in [0.05, 0.1) is 11.6 Å². The van der Waals surface area contributed by atoms with Crippen LogP contribution in [0.4, 0.5) is 5.82 Å². The lowest BCUT2D eigenvalue weighted by Crippen LogP contribution is -1.95. The van der Waals surface area contributed by atoms with Gasteiger partial charge in [0.25, 0.3) is 0 Å². The van der Waals surface area contributed by atoms with E-state index in [1.54, 1.807) is 40.9 Å². The number of anilines is 1. The molecule has 0 saturated carbocycles.